The highest BCUT2D eigenvalue weighted by Gasteiger charge is 2.24. The number of allylic oxidation sites excluding steroid dienone is 1. The van der Waals surface area contributed by atoms with E-state index < -0.39 is 0 Å². The molecule has 1 unspecified atom stereocenters. The van der Waals surface area contributed by atoms with E-state index in [1.54, 1.807) is 12.5 Å². The summed E-state index contributed by atoms with van der Waals surface area (Å²) in [5.74, 6) is 1.26. The predicted octanol–water partition coefficient (Wildman–Crippen LogP) is 7.06. The summed E-state index contributed by atoms with van der Waals surface area (Å²) in [7, 11) is 2.05. The molecule has 0 saturated heterocycles. The fraction of sp³-hybridized carbons (Fsp3) is 0.467. The Bertz CT molecular complexity index is 860. The molecule has 3 rings (SSSR count). The number of nitrogens with zero attached hydrogens (tertiary/aromatic N) is 3. The van der Waals surface area contributed by atoms with Crippen LogP contribution in [0, 0.1) is 0 Å². The number of hydrogen-bond donors (Lipinski definition) is 1. The molecule has 1 aliphatic rings. The van der Waals surface area contributed by atoms with Crippen LogP contribution in [0.1, 0.15) is 72.7 Å². The van der Waals surface area contributed by atoms with Crippen molar-refractivity contribution in [1.82, 2.24) is 19.8 Å². The van der Waals surface area contributed by atoms with Crippen molar-refractivity contribution in [3.63, 3.8) is 0 Å². The molecule has 2 aromatic rings. The molecule has 1 aromatic carbocycles. The number of aromatic nitrogens is 2. The van der Waals surface area contributed by atoms with Crippen LogP contribution in [0.2, 0.25) is 0 Å². The van der Waals surface area contributed by atoms with Gasteiger partial charge in [0.1, 0.15) is 17.8 Å². The van der Waals surface area contributed by atoms with Crippen molar-refractivity contribution in [3.05, 3.63) is 84.7 Å². The Morgan fingerprint density at radius 3 is 2.33 bits per heavy atom. The quantitative estimate of drug-likeness (QED) is 0.457. The number of rotatable bonds is 4. The van der Waals surface area contributed by atoms with Crippen LogP contribution in [0.4, 0.5) is 0 Å². The maximum absolute atomic E-state index is 11.4. The lowest BCUT2D eigenvalue weighted by atomic mass is 10.0. The summed E-state index contributed by atoms with van der Waals surface area (Å²) in [6.45, 7) is 26.5. The molecule has 0 spiro atoms. The fourth-order valence-electron chi connectivity index (χ4n) is 3.42. The minimum atomic E-state index is -0.134. The van der Waals surface area contributed by atoms with Crippen LogP contribution in [-0.4, -0.2) is 59.3 Å². The summed E-state index contributed by atoms with van der Waals surface area (Å²) in [5, 5.41) is 0. The molecule has 36 heavy (non-hydrogen) atoms. The minimum Gasteiger partial charge on any atom is -0.458 e. The van der Waals surface area contributed by atoms with Crippen molar-refractivity contribution in [2.45, 2.75) is 61.4 Å². The highest BCUT2D eigenvalue weighted by Crippen LogP contribution is 2.30. The molecule has 1 aromatic heterocycles. The van der Waals surface area contributed by atoms with Crippen molar-refractivity contribution in [2.75, 3.05) is 33.2 Å². The lowest BCUT2D eigenvalue weighted by molar-refractivity contribution is -0.109. The van der Waals surface area contributed by atoms with Gasteiger partial charge in [0.2, 0.25) is 0 Å². The zero-order chi connectivity index (χ0) is 27.9. The third-order valence-electron chi connectivity index (χ3n) is 4.74. The summed E-state index contributed by atoms with van der Waals surface area (Å²) < 4.78 is 5.95. The molecule has 2 bridgehead atoms. The van der Waals surface area contributed by atoms with Crippen LogP contribution >= 0.6 is 0 Å². The van der Waals surface area contributed by atoms with E-state index in [9.17, 15) is 4.79 Å². The van der Waals surface area contributed by atoms with Crippen LogP contribution in [-0.2, 0) is 4.79 Å². The van der Waals surface area contributed by atoms with Crippen molar-refractivity contribution in [2.24, 2.45) is 0 Å². The normalized spacial score (nSPS) is 17.3. The third kappa shape index (κ3) is 12.1. The molecule has 0 aliphatic carbocycles. The summed E-state index contributed by atoms with van der Waals surface area (Å²) in [5.41, 5.74) is 2.97. The van der Waals surface area contributed by atoms with E-state index in [1.807, 2.05) is 98.9 Å². The fourth-order valence-corrected chi connectivity index (χ4v) is 3.42. The first-order chi connectivity index (χ1) is 17.6. The Morgan fingerprint density at radius 1 is 1.11 bits per heavy atom. The van der Waals surface area contributed by atoms with Gasteiger partial charge in [-0.15, -0.1) is 0 Å². The van der Waals surface area contributed by atoms with Gasteiger partial charge >= 0.3 is 0 Å². The van der Waals surface area contributed by atoms with Crippen LogP contribution in [0.15, 0.2) is 73.4 Å². The van der Waals surface area contributed by atoms with Gasteiger partial charge in [-0.2, -0.15) is 0 Å². The van der Waals surface area contributed by atoms with Gasteiger partial charge in [0, 0.05) is 25.8 Å². The van der Waals surface area contributed by atoms with Crippen molar-refractivity contribution in [3.8, 4) is 5.75 Å². The Morgan fingerprint density at radius 2 is 1.78 bits per heavy atom. The highest BCUT2D eigenvalue weighted by molar-refractivity contribution is 5.52. The SMILES string of the molecule is C=C/C1=C\C(=C)Oc2cccc(c2)C(c2cnc[nH]2)N(CC=O)CCN(C)C1.CC.CC.CC.CC. The highest BCUT2D eigenvalue weighted by atomic mass is 16.5. The molecule has 6 nitrogen and oxygen atoms in total. The summed E-state index contributed by atoms with van der Waals surface area (Å²) in [6.07, 6.45) is 8.12. The standard InChI is InChI=1S/C22H26N4O2.4C2H6/c1-4-18-12-17(2)28-20-7-5-6-19(13-20)22(21-14-23-16-24-21)26(10-11-27)9-8-25(3)15-18;4*1-2/h4-7,11-14,16,22H,1-2,8-10,15H2,3H3,(H,23,24);4*1-2H3/b18-12+;;;;. The van der Waals surface area contributed by atoms with E-state index in [2.05, 4.69) is 32.9 Å². The van der Waals surface area contributed by atoms with Gasteiger partial charge in [0.15, 0.2) is 0 Å². The number of aromatic amines is 1. The molecule has 202 valence electrons. The summed E-state index contributed by atoms with van der Waals surface area (Å²) in [4.78, 5) is 23.1. The number of carbonyl (C=O) groups is 1. The number of likely N-dealkylation sites (N-methyl/N-ethyl adjacent to an activating group) is 1. The van der Waals surface area contributed by atoms with Crippen LogP contribution < -0.4 is 4.74 Å². The number of fused-ring (bicyclic) bond motifs is 2. The number of carbonyl (C=O) groups excluding carboxylic acids is 1. The van der Waals surface area contributed by atoms with Crippen LogP contribution in [0.3, 0.4) is 0 Å². The zero-order valence-corrected chi connectivity index (χ0v) is 24.2. The Kier molecular flexibility index (Phi) is 22.0. The molecule has 0 saturated carbocycles. The number of benzene rings is 1. The molecule has 1 atom stereocenters. The largest absolute Gasteiger partial charge is 0.458 e. The molecule has 0 radical (unpaired) electrons. The van der Waals surface area contributed by atoms with Crippen LogP contribution in [0.5, 0.6) is 5.75 Å². The van der Waals surface area contributed by atoms with Gasteiger partial charge in [-0.3, -0.25) is 4.90 Å². The Balaban J connectivity index is 0. The smallest absolute Gasteiger partial charge is 0.134 e. The molecule has 0 fully saturated rings. The summed E-state index contributed by atoms with van der Waals surface area (Å²) in [6, 6.07) is 7.73. The molecule has 2 heterocycles. The lowest BCUT2D eigenvalue weighted by Gasteiger charge is -2.31. The number of H-pyrrole nitrogens is 1. The number of nitrogens with one attached hydrogen (secondary N) is 1. The molecule has 1 N–H and O–H groups in total. The number of imidazole rings is 1. The maximum Gasteiger partial charge on any atom is 0.134 e. The van der Waals surface area contributed by atoms with Crippen molar-refractivity contribution in [1.29, 1.82) is 0 Å². The first-order valence-corrected chi connectivity index (χ1v) is 13.2. The van der Waals surface area contributed by atoms with E-state index >= 15 is 0 Å². The monoisotopic (exact) mass is 498 g/mol. The van der Waals surface area contributed by atoms with Gasteiger partial charge in [0.25, 0.3) is 0 Å². The number of hydrogen-bond acceptors (Lipinski definition) is 5. The van der Waals surface area contributed by atoms with Crippen LogP contribution in [0.25, 0.3) is 0 Å². The molecular formula is C30H50N4O2. The first kappa shape index (κ1) is 35.2. The average Bonchev–Trinajstić information content (AvgIpc) is 3.46. The molecular weight excluding hydrogens is 448 g/mol. The topological polar surface area (TPSA) is 61.5 Å². The second-order valence-electron chi connectivity index (χ2n) is 6.87. The van der Waals surface area contributed by atoms with Gasteiger partial charge in [0.05, 0.1) is 24.6 Å². The van der Waals surface area contributed by atoms with Gasteiger partial charge in [-0.1, -0.05) is 86.8 Å². The van der Waals surface area contributed by atoms with E-state index in [0.717, 1.165) is 36.2 Å². The van der Waals surface area contributed by atoms with E-state index in [1.165, 1.54) is 0 Å². The summed E-state index contributed by atoms with van der Waals surface area (Å²) >= 11 is 0. The predicted molar refractivity (Wildman–Crippen MR) is 155 cm³/mol. The minimum absolute atomic E-state index is 0.134. The molecule has 0 amide bonds. The lowest BCUT2D eigenvalue weighted by Crippen LogP contribution is -2.38. The third-order valence-corrected chi connectivity index (χ3v) is 4.74. The Labute approximate surface area is 220 Å². The Hall–Kier alpha value is -2.96. The number of aldehydes is 1. The molecule has 6 heteroatoms. The van der Waals surface area contributed by atoms with Crippen molar-refractivity contribution < 1.29 is 9.53 Å². The first-order valence-electron chi connectivity index (χ1n) is 13.2. The van der Waals surface area contributed by atoms with Gasteiger partial charge in [-0.25, -0.2) is 4.98 Å². The van der Waals surface area contributed by atoms with E-state index in [0.29, 0.717) is 24.6 Å². The average molecular weight is 499 g/mol. The molecule has 1 aliphatic heterocycles. The second kappa shape index (κ2) is 22.5. The zero-order valence-electron chi connectivity index (χ0n) is 24.2. The number of ether oxygens (including phenoxy) is 1. The van der Waals surface area contributed by atoms with Crippen molar-refractivity contribution >= 4 is 6.29 Å². The van der Waals surface area contributed by atoms with E-state index in [4.69, 9.17) is 4.74 Å². The van der Waals surface area contributed by atoms with Gasteiger partial charge in [-0.05, 0) is 36.4 Å². The van der Waals surface area contributed by atoms with Gasteiger partial charge < -0.3 is 19.4 Å². The second-order valence-corrected chi connectivity index (χ2v) is 6.87. The van der Waals surface area contributed by atoms with E-state index in [-0.39, 0.29) is 6.04 Å². The maximum atomic E-state index is 11.4.